The monoisotopic (exact) mass is 351 g/mol. The number of hydrogen-bond donors (Lipinski definition) is 2. The first-order valence-electron chi connectivity index (χ1n) is 7.94. The van der Waals surface area contributed by atoms with E-state index in [-0.39, 0.29) is 11.5 Å². The zero-order valence-corrected chi connectivity index (χ0v) is 14.4. The number of nitrogens with zero attached hydrogens (tertiary/aromatic N) is 3. The molecule has 1 aromatic heterocycles. The molecule has 0 saturated carbocycles. The van der Waals surface area contributed by atoms with Gasteiger partial charge in [0, 0.05) is 31.2 Å². The molecule has 0 aliphatic heterocycles. The summed E-state index contributed by atoms with van der Waals surface area (Å²) < 4.78 is 12.9. The fraction of sp³-hybridized carbons (Fsp3) is 0.105. The Morgan fingerprint density at radius 1 is 0.923 bits per heavy atom. The van der Waals surface area contributed by atoms with E-state index in [0.29, 0.717) is 11.5 Å². The van der Waals surface area contributed by atoms with Crippen LogP contribution in [0.2, 0.25) is 0 Å². The molecule has 0 unspecified atom stereocenters. The summed E-state index contributed by atoms with van der Waals surface area (Å²) in [6, 6.07) is 13.4. The quantitative estimate of drug-likeness (QED) is 0.734. The maximum Gasteiger partial charge on any atom is 0.275 e. The van der Waals surface area contributed by atoms with E-state index in [1.165, 1.54) is 36.7 Å². The van der Waals surface area contributed by atoms with Crippen molar-refractivity contribution in [3.05, 3.63) is 72.4 Å². The van der Waals surface area contributed by atoms with Gasteiger partial charge in [-0.3, -0.25) is 4.79 Å². The summed E-state index contributed by atoms with van der Waals surface area (Å²) in [6.45, 7) is 0. The second kappa shape index (κ2) is 7.60. The molecule has 1 heterocycles. The van der Waals surface area contributed by atoms with Crippen LogP contribution in [0.1, 0.15) is 10.5 Å². The molecule has 3 aromatic rings. The maximum atomic E-state index is 12.9. The van der Waals surface area contributed by atoms with Crippen molar-refractivity contribution in [2.45, 2.75) is 0 Å². The molecule has 7 heteroatoms. The average Bonchev–Trinajstić information content (AvgIpc) is 2.64. The Labute approximate surface area is 150 Å². The van der Waals surface area contributed by atoms with Gasteiger partial charge in [-0.15, -0.1) is 0 Å². The molecular weight excluding hydrogens is 333 g/mol. The zero-order valence-electron chi connectivity index (χ0n) is 14.4. The topological polar surface area (TPSA) is 70.2 Å². The highest BCUT2D eigenvalue weighted by atomic mass is 19.1. The van der Waals surface area contributed by atoms with E-state index in [2.05, 4.69) is 20.6 Å². The van der Waals surface area contributed by atoms with Crippen LogP contribution < -0.4 is 15.5 Å². The van der Waals surface area contributed by atoms with Crippen LogP contribution in [0.4, 0.5) is 27.3 Å². The molecule has 0 bridgehead atoms. The van der Waals surface area contributed by atoms with Gasteiger partial charge in [-0.25, -0.2) is 14.4 Å². The van der Waals surface area contributed by atoms with E-state index in [9.17, 15) is 9.18 Å². The summed E-state index contributed by atoms with van der Waals surface area (Å²) in [6.07, 6.45) is 2.87. The molecule has 132 valence electrons. The third kappa shape index (κ3) is 4.32. The van der Waals surface area contributed by atoms with Gasteiger partial charge in [-0.2, -0.15) is 0 Å². The Balaban J connectivity index is 1.64. The number of benzene rings is 2. The smallest absolute Gasteiger partial charge is 0.275 e. The molecule has 2 aromatic carbocycles. The van der Waals surface area contributed by atoms with Crippen molar-refractivity contribution < 1.29 is 9.18 Å². The van der Waals surface area contributed by atoms with Crippen LogP contribution in [0, 0.1) is 5.82 Å². The maximum absolute atomic E-state index is 12.9. The van der Waals surface area contributed by atoms with E-state index >= 15 is 0 Å². The van der Waals surface area contributed by atoms with Gasteiger partial charge in [0.2, 0.25) is 0 Å². The van der Waals surface area contributed by atoms with Crippen LogP contribution >= 0.6 is 0 Å². The molecule has 26 heavy (non-hydrogen) atoms. The molecule has 6 nitrogen and oxygen atoms in total. The molecule has 0 radical (unpaired) electrons. The van der Waals surface area contributed by atoms with Crippen molar-refractivity contribution in [1.29, 1.82) is 0 Å². The Hall–Kier alpha value is -3.48. The number of hydrogen-bond acceptors (Lipinski definition) is 5. The minimum absolute atomic E-state index is 0.169. The Bertz CT molecular complexity index is 877. The van der Waals surface area contributed by atoms with Crippen LogP contribution in [-0.2, 0) is 0 Å². The summed E-state index contributed by atoms with van der Waals surface area (Å²) >= 11 is 0. The lowest BCUT2D eigenvalue weighted by atomic mass is 10.2. The number of rotatable bonds is 5. The predicted octanol–water partition coefficient (Wildman–Crippen LogP) is 3.68. The lowest BCUT2D eigenvalue weighted by Gasteiger charge is -2.13. The molecule has 0 spiro atoms. The van der Waals surface area contributed by atoms with Gasteiger partial charge in [-0.1, -0.05) is 0 Å². The van der Waals surface area contributed by atoms with Crippen molar-refractivity contribution in [3.63, 3.8) is 0 Å². The largest absolute Gasteiger partial charge is 0.378 e. The summed E-state index contributed by atoms with van der Waals surface area (Å²) in [7, 11) is 3.95. The number of aromatic nitrogens is 2. The van der Waals surface area contributed by atoms with Crippen LogP contribution in [0.5, 0.6) is 0 Å². The highest BCUT2D eigenvalue weighted by Gasteiger charge is 2.09. The molecule has 3 rings (SSSR count). The van der Waals surface area contributed by atoms with Gasteiger partial charge in [-0.05, 0) is 48.5 Å². The molecule has 0 aliphatic carbocycles. The third-order valence-corrected chi connectivity index (χ3v) is 3.64. The molecular formula is C19H18FN5O. The van der Waals surface area contributed by atoms with E-state index < -0.39 is 5.91 Å². The first kappa shape index (κ1) is 17.3. The lowest BCUT2D eigenvalue weighted by molar-refractivity contribution is 0.102. The number of halogens is 1. The number of carbonyl (C=O) groups is 1. The van der Waals surface area contributed by atoms with Crippen LogP contribution in [-0.4, -0.2) is 30.0 Å². The van der Waals surface area contributed by atoms with Gasteiger partial charge in [0.15, 0.2) is 0 Å². The highest BCUT2D eigenvalue weighted by Crippen LogP contribution is 2.18. The average molecular weight is 351 g/mol. The first-order chi connectivity index (χ1) is 12.5. The normalized spacial score (nSPS) is 10.3. The van der Waals surface area contributed by atoms with Crippen molar-refractivity contribution in [2.24, 2.45) is 0 Å². The lowest BCUT2D eigenvalue weighted by Crippen LogP contribution is -2.14. The van der Waals surface area contributed by atoms with Gasteiger partial charge in [0.25, 0.3) is 5.91 Å². The number of anilines is 4. The van der Waals surface area contributed by atoms with Crippen molar-refractivity contribution in [2.75, 3.05) is 29.6 Å². The summed E-state index contributed by atoms with van der Waals surface area (Å²) in [5, 5.41) is 5.76. The van der Waals surface area contributed by atoms with Gasteiger partial charge in [0.1, 0.15) is 17.3 Å². The van der Waals surface area contributed by atoms with E-state index in [0.717, 1.165) is 11.4 Å². The van der Waals surface area contributed by atoms with Crippen LogP contribution in [0.15, 0.2) is 60.9 Å². The zero-order chi connectivity index (χ0) is 18.5. The van der Waals surface area contributed by atoms with E-state index in [1.807, 2.05) is 43.3 Å². The second-order valence-corrected chi connectivity index (χ2v) is 5.81. The molecule has 0 atom stereocenters. The molecule has 1 amide bonds. The second-order valence-electron chi connectivity index (χ2n) is 5.81. The van der Waals surface area contributed by atoms with Crippen LogP contribution in [0.25, 0.3) is 0 Å². The standard InChI is InChI=1S/C19H18FN5O/c1-25(2)16-9-7-14(8-10-16)23-18-12-21-17(11-22-18)19(26)24-15-5-3-13(20)4-6-15/h3-12H,1-2H3,(H,22,23)(H,24,26). The third-order valence-electron chi connectivity index (χ3n) is 3.64. The van der Waals surface area contributed by atoms with Crippen molar-refractivity contribution in [1.82, 2.24) is 9.97 Å². The van der Waals surface area contributed by atoms with Gasteiger partial charge >= 0.3 is 0 Å². The Morgan fingerprint density at radius 2 is 1.58 bits per heavy atom. The fourth-order valence-corrected chi connectivity index (χ4v) is 2.23. The van der Waals surface area contributed by atoms with Crippen molar-refractivity contribution >= 4 is 28.8 Å². The highest BCUT2D eigenvalue weighted by molar-refractivity contribution is 6.02. The van der Waals surface area contributed by atoms with Crippen molar-refractivity contribution in [3.8, 4) is 0 Å². The molecule has 0 fully saturated rings. The Morgan fingerprint density at radius 3 is 2.15 bits per heavy atom. The fourth-order valence-electron chi connectivity index (χ4n) is 2.23. The predicted molar refractivity (Wildman–Crippen MR) is 100 cm³/mol. The minimum Gasteiger partial charge on any atom is -0.378 e. The van der Waals surface area contributed by atoms with E-state index in [1.54, 1.807) is 0 Å². The summed E-state index contributed by atoms with van der Waals surface area (Å²) in [4.78, 5) is 22.5. The molecule has 2 N–H and O–H groups in total. The Kier molecular flexibility index (Phi) is 5.07. The minimum atomic E-state index is -0.411. The first-order valence-corrected chi connectivity index (χ1v) is 7.94. The molecule has 0 saturated heterocycles. The number of carbonyl (C=O) groups excluding carboxylic acids is 1. The van der Waals surface area contributed by atoms with E-state index in [4.69, 9.17) is 0 Å². The van der Waals surface area contributed by atoms with Gasteiger partial charge < -0.3 is 15.5 Å². The summed E-state index contributed by atoms with van der Waals surface area (Å²) in [5.41, 5.74) is 2.62. The van der Waals surface area contributed by atoms with Gasteiger partial charge in [0.05, 0.1) is 12.4 Å². The number of nitrogens with one attached hydrogen (secondary N) is 2. The SMILES string of the molecule is CN(C)c1ccc(Nc2cnc(C(=O)Nc3ccc(F)cc3)cn2)cc1. The summed E-state index contributed by atoms with van der Waals surface area (Å²) in [5.74, 6) is -0.247. The molecule has 0 aliphatic rings. The van der Waals surface area contributed by atoms with Crippen LogP contribution in [0.3, 0.4) is 0 Å². The number of amides is 1.